The predicted molar refractivity (Wildman–Crippen MR) is 64.5 cm³/mol. The Morgan fingerprint density at radius 1 is 1.06 bits per heavy atom. The largest absolute Gasteiger partial charge is 0.511 e. The van der Waals surface area contributed by atoms with Crippen molar-refractivity contribution in [1.29, 1.82) is 0 Å². The van der Waals surface area contributed by atoms with E-state index in [1.54, 1.807) is 12.1 Å². The molecule has 2 N–H and O–H groups in total. The van der Waals surface area contributed by atoms with E-state index in [0.717, 1.165) is 21.8 Å². The van der Waals surface area contributed by atoms with Gasteiger partial charge in [0.25, 0.3) is 0 Å². The van der Waals surface area contributed by atoms with Gasteiger partial charge in [0.15, 0.2) is 0 Å². The summed E-state index contributed by atoms with van der Waals surface area (Å²) in [6, 6.07) is 13.1. The summed E-state index contributed by atoms with van der Waals surface area (Å²) in [5, 5.41) is 10.7. The monoisotopic (exact) mass is 227 g/mol. The molecule has 3 rings (SSSR count). The van der Waals surface area contributed by atoms with Crippen molar-refractivity contribution in [2.75, 3.05) is 0 Å². The summed E-state index contributed by atoms with van der Waals surface area (Å²) in [7, 11) is 0. The fourth-order valence-electron chi connectivity index (χ4n) is 2.00. The lowest BCUT2D eigenvalue weighted by Crippen LogP contribution is -2.02. The molecule has 0 aliphatic heterocycles. The smallest absolute Gasteiger partial charge is 0.449 e. The minimum atomic E-state index is -1.31. The number of fused-ring (bicyclic) bond motifs is 3. The zero-order valence-electron chi connectivity index (χ0n) is 8.81. The number of aromatic nitrogens is 1. The number of nitrogens with one attached hydrogen (secondary N) is 1. The molecule has 84 valence electrons. The van der Waals surface area contributed by atoms with E-state index >= 15 is 0 Å². The molecule has 0 unspecified atom stereocenters. The number of aromatic amines is 1. The van der Waals surface area contributed by atoms with Crippen LogP contribution >= 0.6 is 0 Å². The molecule has 0 radical (unpaired) electrons. The Morgan fingerprint density at radius 2 is 1.82 bits per heavy atom. The first-order valence-corrected chi connectivity index (χ1v) is 5.15. The van der Waals surface area contributed by atoms with Gasteiger partial charge in [0.05, 0.1) is 5.52 Å². The van der Waals surface area contributed by atoms with Crippen LogP contribution in [0.3, 0.4) is 0 Å². The molecule has 0 fully saturated rings. The molecular weight excluding hydrogens is 218 g/mol. The molecule has 4 heteroatoms. The SMILES string of the molecule is O=C(O)Oc1ccc2c(c1)[nH]c1ccccc12. The number of H-pyrrole nitrogens is 1. The highest BCUT2D eigenvalue weighted by atomic mass is 16.7. The Bertz CT molecular complexity index is 715. The van der Waals surface area contributed by atoms with Crippen LogP contribution in [-0.2, 0) is 0 Å². The molecule has 17 heavy (non-hydrogen) atoms. The van der Waals surface area contributed by atoms with E-state index in [1.807, 2.05) is 30.3 Å². The molecule has 0 bridgehead atoms. The summed E-state index contributed by atoms with van der Waals surface area (Å²) < 4.78 is 4.61. The maximum atomic E-state index is 10.4. The summed E-state index contributed by atoms with van der Waals surface area (Å²) >= 11 is 0. The van der Waals surface area contributed by atoms with Gasteiger partial charge in [-0.05, 0) is 18.2 Å². The Hall–Kier alpha value is -2.49. The Labute approximate surface area is 96.4 Å². The van der Waals surface area contributed by atoms with E-state index in [9.17, 15) is 4.79 Å². The zero-order valence-corrected chi connectivity index (χ0v) is 8.81. The van der Waals surface area contributed by atoms with Crippen LogP contribution in [0.4, 0.5) is 4.79 Å². The highest BCUT2D eigenvalue weighted by molar-refractivity contribution is 6.07. The molecule has 0 atom stereocenters. The second-order valence-electron chi connectivity index (χ2n) is 3.75. The summed E-state index contributed by atoms with van der Waals surface area (Å²) in [5.41, 5.74) is 1.89. The summed E-state index contributed by atoms with van der Waals surface area (Å²) in [4.78, 5) is 13.7. The van der Waals surface area contributed by atoms with Gasteiger partial charge in [0, 0.05) is 22.4 Å². The topological polar surface area (TPSA) is 62.3 Å². The average Bonchev–Trinajstić information content (AvgIpc) is 2.65. The Balaban J connectivity index is 2.23. The van der Waals surface area contributed by atoms with Crippen molar-refractivity contribution in [1.82, 2.24) is 4.98 Å². The third-order valence-electron chi connectivity index (χ3n) is 2.68. The first-order valence-electron chi connectivity index (χ1n) is 5.15. The van der Waals surface area contributed by atoms with Crippen molar-refractivity contribution in [3.8, 4) is 5.75 Å². The lowest BCUT2D eigenvalue weighted by molar-refractivity contribution is 0.144. The van der Waals surface area contributed by atoms with Crippen molar-refractivity contribution in [3.63, 3.8) is 0 Å². The van der Waals surface area contributed by atoms with Crippen LogP contribution in [0.15, 0.2) is 42.5 Å². The van der Waals surface area contributed by atoms with Crippen LogP contribution in [0.2, 0.25) is 0 Å². The lowest BCUT2D eigenvalue weighted by atomic mass is 10.1. The van der Waals surface area contributed by atoms with Crippen LogP contribution in [0.25, 0.3) is 21.8 Å². The van der Waals surface area contributed by atoms with Gasteiger partial charge in [0.2, 0.25) is 0 Å². The van der Waals surface area contributed by atoms with Crippen LogP contribution in [0.5, 0.6) is 5.75 Å². The van der Waals surface area contributed by atoms with Gasteiger partial charge in [-0.25, -0.2) is 4.79 Å². The molecule has 1 heterocycles. The molecule has 0 amide bonds. The molecule has 4 nitrogen and oxygen atoms in total. The third-order valence-corrected chi connectivity index (χ3v) is 2.68. The molecule has 1 aromatic heterocycles. The fourth-order valence-corrected chi connectivity index (χ4v) is 2.00. The summed E-state index contributed by atoms with van der Waals surface area (Å²) in [6.45, 7) is 0. The number of benzene rings is 2. The van der Waals surface area contributed by atoms with Crippen LogP contribution in [0, 0.1) is 0 Å². The summed E-state index contributed by atoms with van der Waals surface area (Å²) in [6.07, 6.45) is -1.31. The minimum Gasteiger partial charge on any atom is -0.449 e. The molecule has 3 aromatic rings. The van der Waals surface area contributed by atoms with Crippen molar-refractivity contribution in [2.24, 2.45) is 0 Å². The Kier molecular flexibility index (Phi) is 2.01. The highest BCUT2D eigenvalue weighted by Crippen LogP contribution is 2.28. The van der Waals surface area contributed by atoms with E-state index in [0.29, 0.717) is 5.75 Å². The molecule has 2 aromatic carbocycles. The number of para-hydroxylation sites is 1. The second-order valence-corrected chi connectivity index (χ2v) is 3.75. The Morgan fingerprint density at radius 3 is 2.65 bits per heavy atom. The predicted octanol–water partition coefficient (Wildman–Crippen LogP) is 3.38. The number of carbonyl (C=O) groups is 1. The van der Waals surface area contributed by atoms with Crippen LogP contribution in [-0.4, -0.2) is 16.2 Å². The van der Waals surface area contributed by atoms with Crippen molar-refractivity contribution < 1.29 is 14.6 Å². The number of hydrogen-bond donors (Lipinski definition) is 2. The number of hydrogen-bond acceptors (Lipinski definition) is 2. The second kappa shape index (κ2) is 3.52. The van der Waals surface area contributed by atoms with E-state index in [4.69, 9.17) is 5.11 Å². The van der Waals surface area contributed by atoms with Gasteiger partial charge in [0.1, 0.15) is 5.75 Å². The maximum Gasteiger partial charge on any atom is 0.511 e. The van der Waals surface area contributed by atoms with E-state index in [2.05, 4.69) is 9.72 Å². The van der Waals surface area contributed by atoms with Crippen LogP contribution in [0.1, 0.15) is 0 Å². The average molecular weight is 227 g/mol. The van der Waals surface area contributed by atoms with E-state index in [1.165, 1.54) is 0 Å². The molecule has 0 aliphatic rings. The van der Waals surface area contributed by atoms with E-state index in [-0.39, 0.29) is 0 Å². The van der Waals surface area contributed by atoms with Gasteiger partial charge in [-0.1, -0.05) is 18.2 Å². The molecular formula is C13H9NO3. The standard InChI is InChI=1S/C13H9NO3/c15-13(16)17-8-5-6-10-9-3-1-2-4-11(9)14-12(10)7-8/h1-7,14H,(H,15,16). The zero-order chi connectivity index (χ0) is 11.8. The van der Waals surface area contributed by atoms with Crippen molar-refractivity contribution in [2.45, 2.75) is 0 Å². The quantitative estimate of drug-likeness (QED) is 0.494. The maximum absolute atomic E-state index is 10.4. The van der Waals surface area contributed by atoms with Crippen molar-refractivity contribution in [3.05, 3.63) is 42.5 Å². The number of carboxylic acid groups (broad SMARTS) is 1. The number of ether oxygens (including phenoxy) is 1. The van der Waals surface area contributed by atoms with Gasteiger partial charge in [-0.15, -0.1) is 0 Å². The van der Waals surface area contributed by atoms with E-state index < -0.39 is 6.16 Å². The third kappa shape index (κ3) is 1.59. The summed E-state index contributed by atoms with van der Waals surface area (Å²) in [5.74, 6) is 0.316. The van der Waals surface area contributed by atoms with Gasteiger partial charge >= 0.3 is 6.16 Å². The molecule has 0 aliphatic carbocycles. The normalized spacial score (nSPS) is 10.8. The number of rotatable bonds is 1. The van der Waals surface area contributed by atoms with Gasteiger partial charge in [-0.2, -0.15) is 0 Å². The highest BCUT2D eigenvalue weighted by Gasteiger charge is 2.06. The minimum absolute atomic E-state index is 0.316. The van der Waals surface area contributed by atoms with Crippen molar-refractivity contribution >= 4 is 28.0 Å². The van der Waals surface area contributed by atoms with Gasteiger partial charge < -0.3 is 14.8 Å². The molecule has 0 saturated carbocycles. The van der Waals surface area contributed by atoms with Gasteiger partial charge in [-0.3, -0.25) is 0 Å². The first-order chi connectivity index (χ1) is 8.24. The fraction of sp³-hybridized carbons (Fsp3) is 0. The molecule has 0 spiro atoms. The van der Waals surface area contributed by atoms with Crippen LogP contribution < -0.4 is 4.74 Å². The first kappa shape index (κ1) is 9.72. The lowest BCUT2D eigenvalue weighted by Gasteiger charge is -1.98. The molecule has 0 saturated heterocycles.